The molecule has 0 saturated carbocycles. The molecule has 0 aliphatic heterocycles. The van der Waals surface area contributed by atoms with Crippen LogP contribution in [0.1, 0.15) is 11.1 Å². The lowest BCUT2D eigenvalue weighted by molar-refractivity contribution is -0.118. The number of nitrogens with zero attached hydrogens (tertiary/aromatic N) is 3. The fourth-order valence-electron chi connectivity index (χ4n) is 2.80. The number of amides is 1. The van der Waals surface area contributed by atoms with Crippen molar-refractivity contribution in [1.82, 2.24) is 20.2 Å². The molecule has 1 aromatic heterocycles. The molecule has 0 radical (unpaired) electrons. The number of nitrogens with one attached hydrogen (secondary N) is 1. The number of nitrogens with two attached hydrogens (primary N) is 1. The molecular weight excluding hydrogens is 374 g/mol. The molecule has 7 nitrogen and oxygen atoms in total. The molecular formula is C20H23N5O2S. The largest absolute Gasteiger partial charge is 0.496 e. The van der Waals surface area contributed by atoms with Gasteiger partial charge < -0.3 is 15.9 Å². The molecule has 0 spiro atoms. The van der Waals surface area contributed by atoms with Crippen LogP contribution < -0.4 is 15.9 Å². The topological polar surface area (TPSA) is 95.1 Å². The summed E-state index contributed by atoms with van der Waals surface area (Å²) in [5, 5.41) is 11.6. The number of carbonyl (C=O) groups is 1. The van der Waals surface area contributed by atoms with Crippen LogP contribution >= 0.6 is 11.8 Å². The van der Waals surface area contributed by atoms with Gasteiger partial charge in [-0.25, -0.2) is 4.68 Å². The third-order valence-electron chi connectivity index (χ3n) is 4.32. The Balaban J connectivity index is 1.54. The highest BCUT2D eigenvalue weighted by molar-refractivity contribution is 7.99. The average Bonchev–Trinajstić information content (AvgIpc) is 3.08. The van der Waals surface area contributed by atoms with Crippen molar-refractivity contribution in [3.8, 4) is 17.1 Å². The van der Waals surface area contributed by atoms with Crippen molar-refractivity contribution in [2.75, 3.05) is 25.3 Å². The van der Waals surface area contributed by atoms with E-state index in [0.717, 1.165) is 12.0 Å². The SMILES string of the molecule is COc1ccccc1-c1nnc(SCC(=O)NCCc2ccccc2C)n1N. The number of nitrogen functional groups attached to an aromatic ring is 1. The van der Waals surface area contributed by atoms with Crippen molar-refractivity contribution in [2.24, 2.45) is 0 Å². The Bertz CT molecular complexity index is 957. The van der Waals surface area contributed by atoms with Crippen molar-refractivity contribution in [2.45, 2.75) is 18.5 Å². The highest BCUT2D eigenvalue weighted by atomic mass is 32.2. The van der Waals surface area contributed by atoms with Crippen molar-refractivity contribution in [3.05, 3.63) is 59.7 Å². The highest BCUT2D eigenvalue weighted by Crippen LogP contribution is 2.29. The summed E-state index contributed by atoms with van der Waals surface area (Å²) in [6.45, 7) is 2.66. The Labute approximate surface area is 168 Å². The van der Waals surface area contributed by atoms with E-state index in [1.807, 2.05) is 36.4 Å². The van der Waals surface area contributed by atoms with Crippen molar-refractivity contribution >= 4 is 17.7 Å². The minimum absolute atomic E-state index is 0.0691. The molecule has 3 N–H and O–H groups in total. The number of benzene rings is 2. The van der Waals surface area contributed by atoms with Crippen molar-refractivity contribution in [1.29, 1.82) is 0 Å². The Hall–Kier alpha value is -3.00. The van der Waals surface area contributed by atoms with Crippen LogP contribution in [0.2, 0.25) is 0 Å². The van der Waals surface area contributed by atoms with Crippen LogP contribution in [0.15, 0.2) is 53.7 Å². The summed E-state index contributed by atoms with van der Waals surface area (Å²) >= 11 is 1.25. The van der Waals surface area contributed by atoms with Crippen LogP contribution in [0.25, 0.3) is 11.4 Å². The first-order chi connectivity index (χ1) is 13.6. The Morgan fingerprint density at radius 2 is 1.93 bits per heavy atom. The number of aryl methyl sites for hydroxylation is 1. The number of para-hydroxylation sites is 1. The standard InChI is InChI=1S/C20H23N5O2S/c1-14-7-3-4-8-15(14)11-12-22-18(26)13-28-20-24-23-19(25(20)21)16-9-5-6-10-17(16)27-2/h3-10H,11-13,21H2,1-2H3,(H,22,26). The van der Waals surface area contributed by atoms with Gasteiger partial charge in [-0.3, -0.25) is 4.79 Å². The third-order valence-corrected chi connectivity index (χ3v) is 5.27. The van der Waals surface area contributed by atoms with Gasteiger partial charge in [0.25, 0.3) is 0 Å². The molecule has 28 heavy (non-hydrogen) atoms. The van der Waals surface area contributed by atoms with Gasteiger partial charge in [-0.1, -0.05) is 48.2 Å². The number of aromatic nitrogens is 3. The van der Waals surface area contributed by atoms with Crippen molar-refractivity contribution in [3.63, 3.8) is 0 Å². The minimum atomic E-state index is -0.0691. The van der Waals surface area contributed by atoms with Crippen LogP contribution in [0.3, 0.4) is 0 Å². The molecule has 3 rings (SSSR count). The maximum absolute atomic E-state index is 12.1. The zero-order chi connectivity index (χ0) is 19.9. The zero-order valence-corrected chi connectivity index (χ0v) is 16.7. The minimum Gasteiger partial charge on any atom is -0.496 e. The van der Waals surface area contributed by atoms with E-state index in [2.05, 4.69) is 34.6 Å². The van der Waals surface area contributed by atoms with Gasteiger partial charge in [-0.2, -0.15) is 0 Å². The molecule has 0 unspecified atom stereocenters. The fraction of sp³-hybridized carbons (Fsp3) is 0.250. The molecule has 0 fully saturated rings. The number of carbonyl (C=O) groups excluding carboxylic acids is 1. The summed E-state index contributed by atoms with van der Waals surface area (Å²) in [6.07, 6.45) is 0.800. The molecule has 2 aromatic carbocycles. The smallest absolute Gasteiger partial charge is 0.230 e. The maximum Gasteiger partial charge on any atom is 0.230 e. The Morgan fingerprint density at radius 1 is 1.18 bits per heavy atom. The quantitative estimate of drug-likeness (QED) is 0.448. The van der Waals surface area contributed by atoms with E-state index in [9.17, 15) is 4.79 Å². The van der Waals surface area contributed by atoms with E-state index < -0.39 is 0 Å². The molecule has 1 heterocycles. The molecule has 0 aliphatic carbocycles. The summed E-state index contributed by atoms with van der Waals surface area (Å²) in [7, 11) is 1.59. The molecule has 0 saturated heterocycles. The maximum atomic E-state index is 12.1. The monoisotopic (exact) mass is 397 g/mol. The summed E-state index contributed by atoms with van der Waals surface area (Å²) in [5.41, 5.74) is 3.21. The van der Waals surface area contributed by atoms with Gasteiger partial charge in [0.2, 0.25) is 11.1 Å². The number of thioether (sulfide) groups is 1. The fourth-order valence-corrected chi connectivity index (χ4v) is 3.48. The van der Waals surface area contributed by atoms with Gasteiger partial charge in [-0.15, -0.1) is 10.2 Å². The molecule has 0 aliphatic rings. The second kappa shape index (κ2) is 9.27. The second-order valence-electron chi connectivity index (χ2n) is 6.19. The number of hydrogen-bond donors (Lipinski definition) is 2. The van der Waals surface area contributed by atoms with Crippen LogP contribution in [-0.4, -0.2) is 40.2 Å². The van der Waals surface area contributed by atoms with E-state index in [0.29, 0.717) is 23.3 Å². The van der Waals surface area contributed by atoms with Crippen LogP contribution in [-0.2, 0) is 11.2 Å². The molecule has 8 heteroatoms. The normalized spacial score (nSPS) is 10.6. The van der Waals surface area contributed by atoms with E-state index >= 15 is 0 Å². The summed E-state index contributed by atoms with van der Waals surface area (Å²) < 4.78 is 6.72. The van der Waals surface area contributed by atoms with E-state index in [1.54, 1.807) is 7.11 Å². The zero-order valence-electron chi connectivity index (χ0n) is 15.9. The first-order valence-corrected chi connectivity index (χ1v) is 9.86. The predicted molar refractivity (Wildman–Crippen MR) is 111 cm³/mol. The van der Waals surface area contributed by atoms with Gasteiger partial charge in [0, 0.05) is 6.54 Å². The lowest BCUT2D eigenvalue weighted by atomic mass is 10.1. The number of rotatable bonds is 8. The molecule has 146 valence electrons. The third kappa shape index (κ3) is 4.64. The van der Waals surface area contributed by atoms with Crippen LogP contribution in [0, 0.1) is 6.92 Å². The van der Waals surface area contributed by atoms with Crippen LogP contribution in [0.4, 0.5) is 0 Å². The lowest BCUT2D eigenvalue weighted by Crippen LogP contribution is -2.27. The van der Waals surface area contributed by atoms with Gasteiger partial charge >= 0.3 is 0 Å². The average molecular weight is 398 g/mol. The Morgan fingerprint density at radius 3 is 2.71 bits per heavy atom. The van der Waals surface area contributed by atoms with E-state index in [1.165, 1.54) is 27.6 Å². The second-order valence-corrected chi connectivity index (χ2v) is 7.13. The van der Waals surface area contributed by atoms with Gasteiger partial charge in [0.1, 0.15) is 5.75 Å². The van der Waals surface area contributed by atoms with E-state index in [4.69, 9.17) is 10.6 Å². The molecule has 3 aromatic rings. The predicted octanol–water partition coefficient (Wildman–Crippen LogP) is 2.43. The van der Waals surface area contributed by atoms with E-state index in [-0.39, 0.29) is 11.7 Å². The van der Waals surface area contributed by atoms with Gasteiger partial charge in [-0.05, 0) is 36.6 Å². The molecule has 0 bridgehead atoms. The Kier molecular flexibility index (Phi) is 6.54. The van der Waals surface area contributed by atoms with Crippen molar-refractivity contribution < 1.29 is 9.53 Å². The number of ether oxygens (including phenoxy) is 1. The lowest BCUT2D eigenvalue weighted by Gasteiger charge is -2.08. The summed E-state index contributed by atoms with van der Waals surface area (Å²) in [5.74, 6) is 7.42. The summed E-state index contributed by atoms with van der Waals surface area (Å²) in [4.78, 5) is 12.1. The first kappa shape index (κ1) is 19.8. The van der Waals surface area contributed by atoms with Gasteiger partial charge in [0.05, 0.1) is 18.4 Å². The first-order valence-electron chi connectivity index (χ1n) is 8.88. The van der Waals surface area contributed by atoms with Gasteiger partial charge in [0.15, 0.2) is 5.82 Å². The molecule has 1 amide bonds. The number of methoxy groups -OCH3 is 1. The van der Waals surface area contributed by atoms with Crippen LogP contribution in [0.5, 0.6) is 5.75 Å². The highest BCUT2D eigenvalue weighted by Gasteiger charge is 2.16. The molecule has 0 atom stereocenters. The number of hydrogen-bond acceptors (Lipinski definition) is 6. The summed E-state index contributed by atoms with van der Waals surface area (Å²) in [6, 6.07) is 15.6.